The topological polar surface area (TPSA) is 28.7 Å². The monoisotopic (exact) mass is 274 g/mol. The molecule has 98 valence electrons. The number of hydrogen-bond acceptors (Lipinski definition) is 2. The quantitative estimate of drug-likeness (QED) is 0.792. The minimum atomic E-state index is -0.251. The second-order valence-electron chi connectivity index (χ2n) is 5.01. The van der Waals surface area contributed by atoms with Crippen LogP contribution in [0.4, 0.5) is 4.39 Å². The predicted octanol–water partition coefficient (Wildman–Crippen LogP) is 4.13. The number of aromatic amines is 1. The number of aryl methyl sites for hydroxylation is 2. The summed E-state index contributed by atoms with van der Waals surface area (Å²) in [6.45, 7) is 1.95. The van der Waals surface area contributed by atoms with Crippen molar-refractivity contribution >= 4 is 12.2 Å². The van der Waals surface area contributed by atoms with Gasteiger partial charge in [-0.2, -0.15) is 0 Å². The molecule has 19 heavy (non-hydrogen) atoms. The van der Waals surface area contributed by atoms with Gasteiger partial charge in [-0.05, 0) is 50.3 Å². The van der Waals surface area contributed by atoms with Crippen LogP contribution in [0.1, 0.15) is 29.7 Å². The number of nitrogens with zero attached hydrogens (tertiary/aromatic N) is 1. The van der Waals surface area contributed by atoms with Crippen LogP contribution in [-0.4, -0.2) is 9.97 Å². The third kappa shape index (κ3) is 2.32. The highest BCUT2D eigenvalue weighted by Crippen LogP contribution is 2.25. The lowest BCUT2D eigenvalue weighted by Gasteiger charge is -2.17. The van der Waals surface area contributed by atoms with Gasteiger partial charge in [0.1, 0.15) is 16.3 Å². The van der Waals surface area contributed by atoms with Gasteiger partial charge in [0.2, 0.25) is 0 Å². The van der Waals surface area contributed by atoms with Gasteiger partial charge >= 0.3 is 0 Å². The normalized spacial score (nSPS) is 14.2. The van der Waals surface area contributed by atoms with Crippen LogP contribution in [0.15, 0.2) is 18.2 Å². The number of aromatic nitrogens is 2. The molecule has 0 spiro atoms. The molecule has 2 nitrogen and oxygen atoms in total. The fourth-order valence-electron chi connectivity index (χ4n) is 2.60. The Kier molecular flexibility index (Phi) is 3.19. The average Bonchev–Trinajstić information content (AvgIpc) is 2.41. The third-order valence-electron chi connectivity index (χ3n) is 3.66. The van der Waals surface area contributed by atoms with Gasteiger partial charge < -0.3 is 4.98 Å². The van der Waals surface area contributed by atoms with Gasteiger partial charge in [-0.3, -0.25) is 0 Å². The summed E-state index contributed by atoms with van der Waals surface area (Å²) in [5, 5.41) is 0. The van der Waals surface area contributed by atoms with Crippen LogP contribution in [-0.2, 0) is 12.8 Å². The zero-order valence-corrected chi connectivity index (χ0v) is 11.6. The Labute approximate surface area is 116 Å². The van der Waals surface area contributed by atoms with Crippen LogP contribution in [0, 0.1) is 17.4 Å². The van der Waals surface area contributed by atoms with Crippen LogP contribution < -0.4 is 0 Å². The number of benzene rings is 1. The highest BCUT2D eigenvalue weighted by Gasteiger charge is 2.15. The van der Waals surface area contributed by atoms with Crippen molar-refractivity contribution in [2.45, 2.75) is 32.6 Å². The van der Waals surface area contributed by atoms with Gasteiger partial charge in [-0.25, -0.2) is 9.37 Å². The molecule has 0 saturated carbocycles. The lowest BCUT2D eigenvalue weighted by molar-refractivity contribution is 0.627. The summed E-state index contributed by atoms with van der Waals surface area (Å²) in [6, 6.07) is 4.74. The smallest absolute Gasteiger partial charge is 0.139 e. The average molecular weight is 274 g/mol. The molecule has 1 N–H and O–H groups in total. The van der Waals surface area contributed by atoms with Crippen molar-refractivity contribution in [3.05, 3.63) is 45.5 Å². The number of H-pyrrole nitrogens is 1. The van der Waals surface area contributed by atoms with E-state index in [-0.39, 0.29) is 5.82 Å². The van der Waals surface area contributed by atoms with Crippen LogP contribution >= 0.6 is 12.2 Å². The fraction of sp³-hybridized carbons (Fsp3) is 0.333. The molecule has 0 bridgehead atoms. The Morgan fingerprint density at radius 1 is 1.26 bits per heavy atom. The second-order valence-corrected chi connectivity index (χ2v) is 5.40. The summed E-state index contributed by atoms with van der Waals surface area (Å²) in [7, 11) is 0. The number of rotatable bonds is 1. The molecule has 1 aromatic heterocycles. The number of nitrogens with one attached hydrogen (secondary N) is 1. The van der Waals surface area contributed by atoms with Gasteiger partial charge in [0.05, 0.1) is 0 Å². The van der Waals surface area contributed by atoms with E-state index in [2.05, 4.69) is 9.97 Å². The Balaban J connectivity index is 2.18. The lowest BCUT2D eigenvalue weighted by Crippen LogP contribution is -2.09. The van der Waals surface area contributed by atoms with E-state index in [0.29, 0.717) is 10.5 Å². The van der Waals surface area contributed by atoms with E-state index < -0.39 is 0 Å². The summed E-state index contributed by atoms with van der Waals surface area (Å²) in [5.74, 6) is 0.432. The van der Waals surface area contributed by atoms with Crippen LogP contribution in [0.3, 0.4) is 0 Å². The Morgan fingerprint density at radius 3 is 2.89 bits per heavy atom. The van der Waals surface area contributed by atoms with E-state index in [1.807, 2.05) is 6.92 Å². The molecule has 1 aliphatic carbocycles. The molecule has 2 aromatic rings. The highest BCUT2D eigenvalue weighted by atomic mass is 32.1. The van der Waals surface area contributed by atoms with Crippen LogP contribution in [0.5, 0.6) is 0 Å². The Morgan fingerprint density at radius 2 is 2.05 bits per heavy atom. The molecule has 4 heteroatoms. The largest absolute Gasteiger partial charge is 0.343 e. The number of fused-ring (bicyclic) bond motifs is 1. The summed E-state index contributed by atoms with van der Waals surface area (Å²) >= 11 is 5.38. The van der Waals surface area contributed by atoms with Gasteiger partial charge in [-0.15, -0.1) is 0 Å². The van der Waals surface area contributed by atoms with Crippen molar-refractivity contribution in [3.63, 3.8) is 0 Å². The zero-order valence-electron chi connectivity index (χ0n) is 10.8. The molecule has 0 atom stereocenters. The van der Waals surface area contributed by atoms with Crippen molar-refractivity contribution in [1.29, 1.82) is 0 Å². The fourth-order valence-corrected chi connectivity index (χ4v) is 2.91. The maximum Gasteiger partial charge on any atom is 0.139 e. The molecule has 0 saturated heterocycles. The summed E-state index contributed by atoms with van der Waals surface area (Å²) in [4.78, 5) is 7.80. The second kappa shape index (κ2) is 4.85. The molecular formula is C15H15FN2S. The van der Waals surface area contributed by atoms with Crippen LogP contribution in [0.2, 0.25) is 0 Å². The van der Waals surface area contributed by atoms with E-state index in [9.17, 15) is 4.39 Å². The summed E-state index contributed by atoms with van der Waals surface area (Å²) in [6.07, 6.45) is 4.34. The number of halogens is 1. The zero-order chi connectivity index (χ0) is 13.4. The van der Waals surface area contributed by atoms with Gasteiger partial charge in [0.25, 0.3) is 0 Å². The molecular weight excluding hydrogens is 259 g/mol. The molecule has 0 unspecified atom stereocenters. The maximum atomic E-state index is 13.4. The summed E-state index contributed by atoms with van der Waals surface area (Å²) < 4.78 is 14.1. The predicted molar refractivity (Wildman–Crippen MR) is 76.2 cm³/mol. The van der Waals surface area contributed by atoms with Crippen molar-refractivity contribution in [2.24, 2.45) is 0 Å². The first-order valence-electron chi connectivity index (χ1n) is 6.54. The van der Waals surface area contributed by atoms with Crippen molar-refractivity contribution in [1.82, 2.24) is 9.97 Å². The molecule has 0 fully saturated rings. The summed E-state index contributed by atoms with van der Waals surface area (Å²) in [5.41, 5.74) is 4.12. The van der Waals surface area contributed by atoms with E-state index in [1.165, 1.54) is 36.2 Å². The molecule has 3 rings (SSSR count). The minimum Gasteiger partial charge on any atom is -0.343 e. The minimum absolute atomic E-state index is 0.251. The Hall–Kier alpha value is -1.55. The SMILES string of the molecule is Cc1ccc(F)cc1-c1nc(=S)c2c([nH]1)CCCC2. The van der Waals surface area contributed by atoms with E-state index >= 15 is 0 Å². The van der Waals surface area contributed by atoms with Gasteiger partial charge in [0.15, 0.2) is 0 Å². The molecule has 1 aromatic carbocycles. The molecule has 1 heterocycles. The van der Waals surface area contributed by atoms with E-state index in [4.69, 9.17) is 12.2 Å². The lowest BCUT2D eigenvalue weighted by atomic mass is 9.97. The van der Waals surface area contributed by atoms with E-state index in [1.54, 1.807) is 6.07 Å². The molecule has 0 aliphatic heterocycles. The first kappa shape index (κ1) is 12.5. The van der Waals surface area contributed by atoms with Gasteiger partial charge in [-0.1, -0.05) is 18.3 Å². The van der Waals surface area contributed by atoms with Crippen molar-refractivity contribution < 1.29 is 4.39 Å². The third-order valence-corrected chi connectivity index (χ3v) is 4.00. The Bertz CT molecular complexity index is 691. The van der Waals surface area contributed by atoms with Crippen molar-refractivity contribution in [3.8, 4) is 11.4 Å². The van der Waals surface area contributed by atoms with Crippen molar-refractivity contribution in [2.75, 3.05) is 0 Å². The van der Waals surface area contributed by atoms with Crippen LogP contribution in [0.25, 0.3) is 11.4 Å². The standard InChI is InChI=1S/C15H15FN2S/c1-9-6-7-10(16)8-12(9)14-17-13-5-3-2-4-11(13)15(19)18-14/h6-8H,2-5H2,1H3,(H,17,18,19). The number of hydrogen-bond donors (Lipinski definition) is 1. The molecule has 1 aliphatic rings. The first-order valence-corrected chi connectivity index (χ1v) is 6.94. The van der Waals surface area contributed by atoms with E-state index in [0.717, 1.165) is 24.0 Å². The maximum absolute atomic E-state index is 13.4. The van der Waals surface area contributed by atoms with Gasteiger partial charge in [0, 0.05) is 16.8 Å². The molecule has 0 radical (unpaired) electrons. The first-order chi connectivity index (χ1) is 9.15. The molecule has 0 amide bonds. The highest BCUT2D eigenvalue weighted by molar-refractivity contribution is 7.71.